The summed E-state index contributed by atoms with van der Waals surface area (Å²) in [6.45, 7) is -1.33. The summed E-state index contributed by atoms with van der Waals surface area (Å²) in [6.07, 6.45) is -4.37. The Morgan fingerprint density at radius 1 is 1.14 bits per heavy atom. The van der Waals surface area contributed by atoms with Crippen LogP contribution in [-0.4, -0.2) is 30.7 Å². The molecule has 2 rings (SSSR count). The van der Waals surface area contributed by atoms with E-state index in [1.165, 1.54) is 18.2 Å². The molecule has 0 saturated carbocycles. The minimum atomic E-state index is -4.37. The number of anilines is 1. The number of carbonyl (C=O) groups excluding carboxylic acids is 1. The van der Waals surface area contributed by atoms with Gasteiger partial charge in [0.1, 0.15) is 12.3 Å². The highest BCUT2D eigenvalue weighted by Gasteiger charge is 2.27. The quantitative estimate of drug-likeness (QED) is 0.524. The normalized spacial score (nSPS) is 11.1. The first-order valence-electron chi connectivity index (χ1n) is 8.16. The van der Waals surface area contributed by atoms with Gasteiger partial charge in [0.15, 0.2) is 0 Å². The smallest absolute Gasteiger partial charge is 0.383 e. The van der Waals surface area contributed by atoms with Gasteiger partial charge in [-0.2, -0.15) is 13.2 Å². The van der Waals surface area contributed by atoms with Gasteiger partial charge in [-0.15, -0.1) is 0 Å². The molecule has 1 amide bonds. The molecule has 0 saturated heterocycles. The van der Waals surface area contributed by atoms with E-state index in [1.807, 2.05) is 0 Å². The first-order chi connectivity index (χ1) is 13.2. The van der Waals surface area contributed by atoms with Crippen LogP contribution in [-0.2, 0) is 17.9 Å². The summed E-state index contributed by atoms with van der Waals surface area (Å²) in [7, 11) is 1.54. The van der Waals surface area contributed by atoms with Gasteiger partial charge in [-0.25, -0.2) is 0 Å². The van der Waals surface area contributed by atoms with Crippen LogP contribution in [0.5, 0.6) is 0 Å². The minimum absolute atomic E-state index is 0.142. The highest BCUT2D eigenvalue weighted by Crippen LogP contribution is 2.25. The third-order valence-electron chi connectivity index (χ3n) is 3.74. The fraction of sp³-hybridized carbons (Fsp3) is 0.278. The molecule has 0 heterocycles. The van der Waals surface area contributed by atoms with Crippen molar-refractivity contribution in [1.29, 1.82) is 0 Å². The molecule has 28 heavy (non-hydrogen) atoms. The highest BCUT2D eigenvalue weighted by atomic mass is 19.4. The topological polar surface area (TPSA) is 93.5 Å². The van der Waals surface area contributed by atoms with E-state index in [0.717, 1.165) is 0 Å². The summed E-state index contributed by atoms with van der Waals surface area (Å²) < 4.78 is 40.7. The second kappa shape index (κ2) is 9.18. The fourth-order valence-electron chi connectivity index (χ4n) is 2.36. The van der Waals surface area contributed by atoms with Gasteiger partial charge in [0.2, 0.25) is 0 Å². The Bertz CT molecular complexity index is 839. The monoisotopic (exact) mass is 397 g/mol. The number of nitrogens with one attached hydrogen (secondary N) is 2. The number of nitrogens with zero attached hydrogens (tertiary/aromatic N) is 1. The molecule has 7 nitrogen and oxygen atoms in total. The molecule has 0 aliphatic rings. The lowest BCUT2D eigenvalue weighted by molar-refractivity contribution is -0.384. The van der Waals surface area contributed by atoms with Crippen molar-refractivity contribution >= 4 is 17.3 Å². The molecule has 2 aromatic carbocycles. The Morgan fingerprint density at radius 3 is 2.36 bits per heavy atom. The van der Waals surface area contributed by atoms with Crippen LogP contribution in [0.4, 0.5) is 24.5 Å². The van der Waals surface area contributed by atoms with Crippen LogP contribution in [0.15, 0.2) is 42.5 Å². The van der Waals surface area contributed by atoms with Gasteiger partial charge >= 0.3 is 6.18 Å². The van der Waals surface area contributed by atoms with Crippen LogP contribution in [0.1, 0.15) is 21.5 Å². The number of halogens is 3. The summed E-state index contributed by atoms with van der Waals surface area (Å²) >= 11 is 0. The number of rotatable bonds is 8. The fourth-order valence-corrected chi connectivity index (χ4v) is 2.36. The van der Waals surface area contributed by atoms with Crippen molar-refractivity contribution in [2.24, 2.45) is 0 Å². The molecule has 2 N–H and O–H groups in total. The van der Waals surface area contributed by atoms with E-state index in [0.29, 0.717) is 16.8 Å². The van der Waals surface area contributed by atoms with Crippen molar-refractivity contribution in [2.45, 2.75) is 19.3 Å². The lowest BCUT2D eigenvalue weighted by Gasteiger charge is -2.09. The maximum absolute atomic E-state index is 12.2. The number of nitro benzene ring substituents is 1. The predicted molar refractivity (Wildman–Crippen MR) is 96.0 cm³/mol. The third kappa shape index (κ3) is 6.23. The van der Waals surface area contributed by atoms with Crippen molar-refractivity contribution in [1.82, 2.24) is 5.32 Å². The number of nitro groups is 1. The lowest BCUT2D eigenvalue weighted by atomic mass is 10.1. The van der Waals surface area contributed by atoms with E-state index >= 15 is 0 Å². The van der Waals surface area contributed by atoms with Crippen LogP contribution < -0.4 is 10.6 Å². The van der Waals surface area contributed by atoms with Crippen molar-refractivity contribution in [3.8, 4) is 0 Å². The number of alkyl halides is 3. The molecule has 0 unspecified atom stereocenters. The van der Waals surface area contributed by atoms with Crippen LogP contribution >= 0.6 is 0 Å². The zero-order chi connectivity index (χ0) is 20.7. The Hall–Kier alpha value is -3.14. The van der Waals surface area contributed by atoms with Gasteiger partial charge in [-0.3, -0.25) is 14.9 Å². The van der Waals surface area contributed by atoms with Crippen molar-refractivity contribution in [2.75, 3.05) is 19.0 Å². The molecule has 150 valence electrons. The average Bonchev–Trinajstić information content (AvgIpc) is 2.65. The zero-order valence-electron chi connectivity index (χ0n) is 14.9. The van der Waals surface area contributed by atoms with Crippen molar-refractivity contribution in [3.63, 3.8) is 0 Å². The molecule has 10 heteroatoms. The maximum Gasteiger partial charge on any atom is 0.411 e. The number of hydrogen-bond donors (Lipinski definition) is 2. The summed E-state index contributed by atoms with van der Waals surface area (Å²) in [4.78, 5) is 22.7. The van der Waals surface area contributed by atoms with E-state index in [9.17, 15) is 28.1 Å². The first-order valence-corrected chi connectivity index (χ1v) is 8.16. The lowest BCUT2D eigenvalue weighted by Crippen LogP contribution is -2.23. The van der Waals surface area contributed by atoms with Gasteiger partial charge < -0.3 is 15.4 Å². The Labute approximate surface area is 158 Å². The molecule has 0 radical (unpaired) electrons. The number of benzene rings is 2. The van der Waals surface area contributed by atoms with Crippen molar-refractivity contribution in [3.05, 3.63) is 69.3 Å². The minimum Gasteiger partial charge on any atom is -0.383 e. The van der Waals surface area contributed by atoms with Gasteiger partial charge in [-0.05, 0) is 23.3 Å². The Balaban J connectivity index is 1.92. The van der Waals surface area contributed by atoms with Gasteiger partial charge in [0.25, 0.3) is 11.6 Å². The summed E-state index contributed by atoms with van der Waals surface area (Å²) in [5.41, 5.74) is 1.51. The van der Waals surface area contributed by atoms with E-state index < -0.39 is 23.6 Å². The number of hydrogen-bond acceptors (Lipinski definition) is 5. The standard InChI is InChI=1S/C18H18F3N3O4/c1-22-15-7-6-14(8-16(15)24(26)27)17(25)23-9-12-2-4-13(5-3-12)10-28-11-18(19,20)21/h2-8,22H,9-11H2,1H3,(H,23,25). The zero-order valence-corrected chi connectivity index (χ0v) is 14.9. The Morgan fingerprint density at radius 2 is 1.79 bits per heavy atom. The van der Waals surface area contributed by atoms with Crippen LogP contribution in [0.25, 0.3) is 0 Å². The number of amides is 1. The van der Waals surface area contributed by atoms with Crippen LogP contribution in [0.3, 0.4) is 0 Å². The molecule has 0 aromatic heterocycles. The largest absolute Gasteiger partial charge is 0.411 e. The van der Waals surface area contributed by atoms with E-state index in [-0.39, 0.29) is 24.4 Å². The SMILES string of the molecule is CNc1ccc(C(=O)NCc2ccc(COCC(F)(F)F)cc2)cc1[N+](=O)[O-]. The average molecular weight is 397 g/mol. The second-order valence-corrected chi connectivity index (χ2v) is 5.85. The molecule has 0 aliphatic carbocycles. The van der Waals surface area contributed by atoms with Gasteiger partial charge in [0.05, 0.1) is 11.5 Å². The Kier molecular flexibility index (Phi) is 6.94. The van der Waals surface area contributed by atoms with Gasteiger partial charge in [-0.1, -0.05) is 24.3 Å². The predicted octanol–water partition coefficient (Wildman–Crippen LogP) is 3.65. The summed E-state index contributed by atoms with van der Waals surface area (Å²) in [5, 5.41) is 16.4. The number of ether oxygens (including phenoxy) is 1. The maximum atomic E-state index is 12.2. The molecule has 0 aliphatic heterocycles. The van der Waals surface area contributed by atoms with E-state index in [1.54, 1.807) is 31.3 Å². The molecule has 0 bridgehead atoms. The third-order valence-corrected chi connectivity index (χ3v) is 3.74. The molecular weight excluding hydrogens is 379 g/mol. The second-order valence-electron chi connectivity index (χ2n) is 5.85. The van der Waals surface area contributed by atoms with Crippen LogP contribution in [0, 0.1) is 10.1 Å². The molecule has 2 aromatic rings. The highest BCUT2D eigenvalue weighted by molar-refractivity contribution is 5.95. The number of carbonyl (C=O) groups is 1. The van der Waals surface area contributed by atoms with E-state index in [2.05, 4.69) is 15.4 Å². The molecule has 0 atom stereocenters. The summed E-state index contributed by atoms with van der Waals surface area (Å²) in [5.74, 6) is -0.483. The molecular formula is C18H18F3N3O4. The first kappa shape index (κ1) is 21.2. The summed E-state index contributed by atoms with van der Waals surface area (Å²) in [6, 6.07) is 10.6. The van der Waals surface area contributed by atoms with Crippen LogP contribution in [0.2, 0.25) is 0 Å². The van der Waals surface area contributed by atoms with E-state index in [4.69, 9.17) is 0 Å². The van der Waals surface area contributed by atoms with Gasteiger partial charge in [0, 0.05) is 25.2 Å². The molecule has 0 spiro atoms. The van der Waals surface area contributed by atoms with Crippen molar-refractivity contribution < 1.29 is 27.6 Å². The molecule has 0 fully saturated rings.